The van der Waals surface area contributed by atoms with Crippen LogP contribution in [0.2, 0.25) is 0 Å². The Bertz CT molecular complexity index is 1370. The van der Waals surface area contributed by atoms with Crippen molar-refractivity contribution in [2.75, 3.05) is 11.9 Å². The Morgan fingerprint density at radius 2 is 1.94 bits per heavy atom. The van der Waals surface area contributed by atoms with E-state index in [2.05, 4.69) is 10.3 Å². The maximum absolute atomic E-state index is 14.2. The monoisotopic (exact) mass is 447 g/mol. The Morgan fingerprint density at radius 1 is 1.09 bits per heavy atom. The fraction of sp³-hybridized carbons (Fsp3) is 0.231. The van der Waals surface area contributed by atoms with Gasteiger partial charge in [0.1, 0.15) is 23.2 Å². The highest BCUT2D eigenvalue weighted by molar-refractivity contribution is 5.90. The standard InChI is InChI=1S/C26H23F2N3O2/c1-15-5-9-21(16(2)12-15)30-26(32)31-11-3-4-23(31)25-29-22-13-17(6-10-24(22)33-25)19-8-7-18(27)14-20(19)28/h5-10,12-14,23H,3-4,11H2,1-2H3,(H,30,32)/t23-/m1/s1. The SMILES string of the molecule is Cc1ccc(NC(=O)N2CCC[C@@H]2c2nc3cc(-c4ccc(F)cc4F)ccc3o2)c(C)c1. The number of hydrogen-bond donors (Lipinski definition) is 1. The third kappa shape index (κ3) is 4.06. The van der Waals surface area contributed by atoms with Gasteiger partial charge in [-0.05, 0) is 68.1 Å². The van der Waals surface area contributed by atoms with Crippen LogP contribution in [0.15, 0.2) is 59.0 Å². The molecule has 1 atom stereocenters. The van der Waals surface area contributed by atoms with Crippen molar-refractivity contribution < 1.29 is 18.0 Å². The van der Waals surface area contributed by atoms with Gasteiger partial charge in [0.15, 0.2) is 5.58 Å². The zero-order chi connectivity index (χ0) is 23.1. The molecule has 0 aliphatic carbocycles. The van der Waals surface area contributed by atoms with Gasteiger partial charge in [-0.15, -0.1) is 0 Å². The number of oxazole rings is 1. The van der Waals surface area contributed by atoms with Crippen LogP contribution in [-0.2, 0) is 0 Å². The number of rotatable bonds is 3. The van der Waals surface area contributed by atoms with Crippen molar-refractivity contribution in [3.8, 4) is 11.1 Å². The average molecular weight is 447 g/mol. The van der Waals surface area contributed by atoms with Gasteiger partial charge >= 0.3 is 6.03 Å². The summed E-state index contributed by atoms with van der Waals surface area (Å²) in [6, 6.07) is 14.1. The van der Waals surface area contributed by atoms with Gasteiger partial charge in [0.25, 0.3) is 0 Å². The van der Waals surface area contributed by atoms with E-state index in [0.717, 1.165) is 35.7 Å². The molecule has 0 spiro atoms. The lowest BCUT2D eigenvalue weighted by Gasteiger charge is -2.23. The summed E-state index contributed by atoms with van der Waals surface area (Å²) in [5, 5.41) is 3.00. The first-order chi connectivity index (χ1) is 15.9. The molecule has 1 aliphatic heterocycles. The van der Waals surface area contributed by atoms with Crippen molar-refractivity contribution in [3.05, 3.63) is 83.2 Å². The Balaban J connectivity index is 1.41. The predicted molar refractivity (Wildman–Crippen MR) is 123 cm³/mol. The summed E-state index contributed by atoms with van der Waals surface area (Å²) in [6.07, 6.45) is 1.59. The van der Waals surface area contributed by atoms with Gasteiger partial charge in [0.05, 0.1) is 0 Å². The van der Waals surface area contributed by atoms with Crippen molar-refractivity contribution in [1.82, 2.24) is 9.88 Å². The minimum Gasteiger partial charge on any atom is -0.438 e. The number of carbonyl (C=O) groups excluding carboxylic acids is 1. The van der Waals surface area contributed by atoms with Gasteiger partial charge in [0.2, 0.25) is 5.89 Å². The van der Waals surface area contributed by atoms with E-state index < -0.39 is 11.6 Å². The number of amides is 2. The van der Waals surface area contributed by atoms with E-state index in [9.17, 15) is 13.6 Å². The molecule has 1 saturated heterocycles. The largest absolute Gasteiger partial charge is 0.438 e. The fourth-order valence-electron chi connectivity index (χ4n) is 4.39. The first-order valence-corrected chi connectivity index (χ1v) is 10.9. The van der Waals surface area contributed by atoms with Crippen molar-refractivity contribution in [2.24, 2.45) is 0 Å². The van der Waals surface area contributed by atoms with Crippen molar-refractivity contribution in [3.63, 3.8) is 0 Å². The van der Waals surface area contributed by atoms with Gasteiger partial charge in [-0.25, -0.2) is 18.6 Å². The number of likely N-dealkylation sites (tertiary alicyclic amines) is 1. The molecule has 0 bridgehead atoms. The molecule has 1 N–H and O–H groups in total. The van der Waals surface area contributed by atoms with Crippen LogP contribution in [-0.4, -0.2) is 22.5 Å². The summed E-state index contributed by atoms with van der Waals surface area (Å²) in [4.78, 5) is 19.4. The number of benzene rings is 3. The molecule has 33 heavy (non-hydrogen) atoms. The molecule has 2 amide bonds. The highest BCUT2D eigenvalue weighted by atomic mass is 19.1. The van der Waals surface area contributed by atoms with E-state index >= 15 is 0 Å². The van der Waals surface area contributed by atoms with Gasteiger partial charge in [-0.2, -0.15) is 0 Å². The van der Waals surface area contributed by atoms with E-state index in [1.54, 1.807) is 23.1 Å². The van der Waals surface area contributed by atoms with E-state index in [1.165, 1.54) is 12.1 Å². The lowest BCUT2D eigenvalue weighted by molar-refractivity contribution is 0.199. The second kappa shape index (κ2) is 8.31. The summed E-state index contributed by atoms with van der Waals surface area (Å²) in [6.45, 7) is 4.58. The minimum atomic E-state index is -0.636. The molecule has 1 aliphatic rings. The van der Waals surface area contributed by atoms with Crippen molar-refractivity contribution in [2.45, 2.75) is 32.7 Å². The van der Waals surface area contributed by atoms with Crippen LogP contribution in [0.1, 0.15) is 35.9 Å². The molecular formula is C26H23F2N3O2. The molecule has 5 rings (SSSR count). The minimum absolute atomic E-state index is 0.194. The van der Waals surface area contributed by atoms with Crippen molar-refractivity contribution in [1.29, 1.82) is 0 Å². The number of hydrogen-bond acceptors (Lipinski definition) is 3. The second-order valence-corrected chi connectivity index (χ2v) is 8.46. The molecular weight excluding hydrogens is 424 g/mol. The van der Waals surface area contributed by atoms with E-state index in [4.69, 9.17) is 4.42 Å². The summed E-state index contributed by atoms with van der Waals surface area (Å²) in [5.41, 5.74) is 4.90. The third-order valence-electron chi connectivity index (χ3n) is 6.07. The Morgan fingerprint density at radius 3 is 2.73 bits per heavy atom. The normalized spacial score (nSPS) is 15.9. The number of urea groups is 1. The highest BCUT2D eigenvalue weighted by Gasteiger charge is 2.34. The average Bonchev–Trinajstić information content (AvgIpc) is 3.42. The topological polar surface area (TPSA) is 58.4 Å². The Kier molecular flexibility index (Phi) is 5.32. The predicted octanol–water partition coefficient (Wildman–Crippen LogP) is 6.76. The number of aryl methyl sites for hydroxylation is 2. The molecule has 5 nitrogen and oxygen atoms in total. The van der Waals surface area contributed by atoms with Crippen LogP contribution >= 0.6 is 0 Å². The zero-order valence-electron chi connectivity index (χ0n) is 18.4. The van der Waals surface area contributed by atoms with Gasteiger partial charge in [-0.3, -0.25) is 0 Å². The lowest BCUT2D eigenvalue weighted by Crippen LogP contribution is -2.34. The maximum atomic E-state index is 14.2. The molecule has 3 aromatic carbocycles. The van der Waals surface area contributed by atoms with E-state index in [1.807, 2.05) is 32.0 Å². The Labute approximate surface area is 190 Å². The third-order valence-corrected chi connectivity index (χ3v) is 6.07. The molecule has 2 heterocycles. The van der Waals surface area contributed by atoms with Gasteiger partial charge < -0.3 is 14.6 Å². The van der Waals surface area contributed by atoms with Crippen molar-refractivity contribution >= 4 is 22.8 Å². The number of anilines is 1. The number of nitrogens with zero attached hydrogens (tertiary/aromatic N) is 2. The molecule has 0 saturated carbocycles. The van der Waals surface area contributed by atoms with Crippen LogP contribution < -0.4 is 5.32 Å². The molecule has 1 aromatic heterocycles. The lowest BCUT2D eigenvalue weighted by atomic mass is 10.0. The van der Waals surface area contributed by atoms with Crippen LogP contribution in [0.5, 0.6) is 0 Å². The summed E-state index contributed by atoms with van der Waals surface area (Å²) in [7, 11) is 0. The summed E-state index contributed by atoms with van der Waals surface area (Å²) < 4.78 is 33.5. The zero-order valence-corrected chi connectivity index (χ0v) is 18.4. The van der Waals surface area contributed by atoms with Crippen LogP contribution in [0.3, 0.4) is 0 Å². The molecule has 1 fully saturated rings. The summed E-state index contributed by atoms with van der Waals surface area (Å²) in [5.74, 6) is -0.806. The molecule has 4 aromatic rings. The molecule has 0 unspecified atom stereocenters. The van der Waals surface area contributed by atoms with Crippen LogP contribution in [0.4, 0.5) is 19.3 Å². The molecule has 0 radical (unpaired) electrons. The first kappa shape index (κ1) is 21.1. The second-order valence-electron chi connectivity index (χ2n) is 8.46. The first-order valence-electron chi connectivity index (χ1n) is 10.9. The highest BCUT2D eigenvalue weighted by Crippen LogP contribution is 2.35. The molecule has 168 valence electrons. The Hall–Kier alpha value is -3.74. The smallest absolute Gasteiger partial charge is 0.322 e. The fourth-order valence-corrected chi connectivity index (χ4v) is 4.39. The number of aromatic nitrogens is 1. The summed E-state index contributed by atoms with van der Waals surface area (Å²) >= 11 is 0. The molecule has 7 heteroatoms. The van der Waals surface area contributed by atoms with Crippen LogP contribution in [0.25, 0.3) is 22.2 Å². The number of halogens is 2. The van der Waals surface area contributed by atoms with Gasteiger partial charge in [-0.1, -0.05) is 23.8 Å². The number of fused-ring (bicyclic) bond motifs is 1. The number of nitrogens with one attached hydrogen (secondary N) is 1. The van der Waals surface area contributed by atoms with E-state index in [0.29, 0.717) is 29.1 Å². The van der Waals surface area contributed by atoms with Crippen LogP contribution in [0, 0.1) is 25.5 Å². The number of carbonyl (C=O) groups is 1. The van der Waals surface area contributed by atoms with Gasteiger partial charge in [0, 0.05) is 23.9 Å². The van der Waals surface area contributed by atoms with E-state index in [-0.39, 0.29) is 17.6 Å². The maximum Gasteiger partial charge on any atom is 0.322 e. The quantitative estimate of drug-likeness (QED) is 0.378.